The van der Waals surface area contributed by atoms with Crippen LogP contribution in [0.2, 0.25) is 0 Å². The van der Waals surface area contributed by atoms with Crippen molar-refractivity contribution >= 4 is 23.3 Å². The highest BCUT2D eigenvalue weighted by molar-refractivity contribution is 6.21. The molecule has 0 aromatic heterocycles. The molecule has 8 unspecified atom stereocenters. The number of piperazine rings is 1. The van der Waals surface area contributed by atoms with Crippen molar-refractivity contribution in [1.29, 1.82) is 0 Å². The number of morpholine rings is 1. The number of ketones is 1. The van der Waals surface area contributed by atoms with Gasteiger partial charge < -0.3 is 24.8 Å². The molecule has 206 valence electrons. The molecule has 2 aliphatic carbocycles. The molecule has 10 heteroatoms. The predicted molar refractivity (Wildman–Crippen MR) is 139 cm³/mol. The Morgan fingerprint density at radius 2 is 1.86 bits per heavy atom. The zero-order chi connectivity index (χ0) is 25.7. The highest BCUT2D eigenvalue weighted by atomic mass is 35.5. The summed E-state index contributed by atoms with van der Waals surface area (Å²) in [5.74, 6) is -1.12. The first-order valence-electron chi connectivity index (χ1n) is 14.3. The number of rotatable bonds is 5. The number of carbonyl (C=O) groups is 2. The number of ether oxygens (including phenoxy) is 1. The number of nitrogens with zero attached hydrogens (tertiary/aromatic N) is 4. The number of carbonyl (C=O) groups excluding carboxylic acids is 2. The normalized spacial score (nSPS) is 41.2. The van der Waals surface area contributed by atoms with Gasteiger partial charge in [-0.25, -0.2) is 4.39 Å². The molecule has 0 aromatic rings. The van der Waals surface area contributed by atoms with Gasteiger partial charge in [-0.3, -0.25) is 14.5 Å². The van der Waals surface area contributed by atoms with Gasteiger partial charge in [0.05, 0.1) is 35.9 Å². The molecule has 37 heavy (non-hydrogen) atoms. The Morgan fingerprint density at radius 1 is 1.11 bits per heavy atom. The van der Waals surface area contributed by atoms with Gasteiger partial charge in [-0.05, 0) is 58.7 Å². The van der Waals surface area contributed by atoms with Gasteiger partial charge >= 0.3 is 0 Å². The molecular weight excluding hydrogens is 497 g/mol. The van der Waals surface area contributed by atoms with Crippen LogP contribution in [0.25, 0.3) is 0 Å². The van der Waals surface area contributed by atoms with Crippen LogP contribution in [-0.2, 0) is 14.3 Å². The molecular formula is C27H41ClFN5O3. The second-order valence-electron chi connectivity index (χ2n) is 12.0. The van der Waals surface area contributed by atoms with Crippen LogP contribution in [0.15, 0.2) is 11.8 Å². The minimum Gasteiger partial charge on any atom is -0.369 e. The molecule has 0 aromatic carbocycles. The lowest BCUT2D eigenvalue weighted by Crippen LogP contribution is -2.74. The monoisotopic (exact) mass is 537 g/mol. The summed E-state index contributed by atoms with van der Waals surface area (Å²) in [5, 5.41) is 3.01. The summed E-state index contributed by atoms with van der Waals surface area (Å²) in [6.45, 7) is 6.80. The van der Waals surface area contributed by atoms with Crippen molar-refractivity contribution in [3.8, 4) is 0 Å². The summed E-state index contributed by atoms with van der Waals surface area (Å²) in [7, 11) is 2.09. The van der Waals surface area contributed by atoms with E-state index in [1.807, 2.05) is 0 Å². The summed E-state index contributed by atoms with van der Waals surface area (Å²) in [4.78, 5) is 36.0. The van der Waals surface area contributed by atoms with Gasteiger partial charge in [0.1, 0.15) is 6.17 Å². The molecule has 0 spiro atoms. The average molecular weight is 538 g/mol. The Bertz CT molecular complexity index is 908. The molecule has 0 radical (unpaired) electrons. The van der Waals surface area contributed by atoms with Crippen molar-refractivity contribution in [3.63, 3.8) is 0 Å². The fraction of sp³-hybridized carbons (Fsp3) is 0.852. The van der Waals surface area contributed by atoms with Gasteiger partial charge in [0.25, 0.3) is 5.91 Å². The van der Waals surface area contributed by atoms with Gasteiger partial charge in [-0.2, -0.15) is 0 Å². The molecule has 5 fully saturated rings. The summed E-state index contributed by atoms with van der Waals surface area (Å²) in [6, 6.07) is -0.562. The van der Waals surface area contributed by atoms with Crippen LogP contribution in [0, 0.1) is 5.92 Å². The maximum Gasteiger partial charge on any atom is 0.256 e. The van der Waals surface area contributed by atoms with Gasteiger partial charge in [-0.15, -0.1) is 11.6 Å². The first kappa shape index (κ1) is 26.0. The number of Topliss-reactive ketones (excluding diaryl/α,β-unsaturated/α-hetero) is 1. The third-order valence-corrected chi connectivity index (χ3v) is 10.1. The standard InChI is InChI=1S/C27H41ClFN5O3/c1-31-10-12-33(13-11-31)24-20(29)15-18-23-26(24)37-22-14-17(28)4-5-21(22)34(23)16-19(25(18)35)27(36)30-6-9-32-7-2-3-8-32/h16-18,20-24,26H,2-15H2,1H3,(H,30,36). The largest absolute Gasteiger partial charge is 0.369 e. The summed E-state index contributed by atoms with van der Waals surface area (Å²) < 4.78 is 22.7. The quantitative estimate of drug-likeness (QED) is 0.418. The lowest BCUT2D eigenvalue weighted by Gasteiger charge is -2.60. The van der Waals surface area contributed by atoms with Gasteiger partial charge in [0, 0.05) is 56.8 Å². The third-order valence-electron chi connectivity index (χ3n) is 9.68. The van der Waals surface area contributed by atoms with E-state index in [0.29, 0.717) is 13.0 Å². The first-order valence-corrected chi connectivity index (χ1v) is 14.7. The summed E-state index contributed by atoms with van der Waals surface area (Å²) in [5.41, 5.74) is 0.181. The minimum atomic E-state index is -1.18. The fourth-order valence-corrected chi connectivity index (χ4v) is 7.99. The smallest absolute Gasteiger partial charge is 0.256 e. The molecule has 6 rings (SSSR count). The number of halogens is 2. The molecule has 1 N–H and O–H groups in total. The average Bonchev–Trinajstić information content (AvgIpc) is 3.39. The van der Waals surface area contributed by atoms with Crippen molar-refractivity contribution in [2.45, 2.75) is 80.4 Å². The fourth-order valence-electron chi connectivity index (χ4n) is 7.68. The van der Waals surface area contributed by atoms with Gasteiger partial charge in [0.15, 0.2) is 5.78 Å². The van der Waals surface area contributed by atoms with Gasteiger partial charge in [0.2, 0.25) is 0 Å². The van der Waals surface area contributed by atoms with Crippen LogP contribution < -0.4 is 5.32 Å². The Hall–Kier alpha value is -1.26. The number of alkyl halides is 2. The number of nitrogens with one attached hydrogen (secondary N) is 1. The first-order chi connectivity index (χ1) is 17.9. The van der Waals surface area contributed by atoms with Crippen molar-refractivity contribution in [3.05, 3.63) is 11.8 Å². The molecule has 3 saturated heterocycles. The van der Waals surface area contributed by atoms with Crippen LogP contribution >= 0.6 is 11.6 Å². The second kappa shape index (κ2) is 10.7. The molecule has 0 bridgehead atoms. The second-order valence-corrected chi connectivity index (χ2v) is 12.6. The van der Waals surface area contributed by atoms with E-state index in [-0.39, 0.29) is 53.3 Å². The summed E-state index contributed by atoms with van der Waals surface area (Å²) >= 11 is 6.56. The van der Waals surface area contributed by atoms with E-state index in [0.717, 1.165) is 58.7 Å². The number of hydrogen-bond acceptors (Lipinski definition) is 7. The summed E-state index contributed by atoms with van der Waals surface area (Å²) in [6.07, 6.45) is 5.06. The lowest BCUT2D eigenvalue weighted by molar-refractivity contribution is -0.212. The third kappa shape index (κ3) is 4.95. The zero-order valence-corrected chi connectivity index (χ0v) is 22.6. The molecule has 1 amide bonds. The number of fused-ring (bicyclic) bond motifs is 2. The number of likely N-dealkylation sites (tertiary alicyclic amines) is 1. The maximum absolute atomic E-state index is 16.0. The van der Waals surface area contributed by atoms with Crippen molar-refractivity contribution < 1.29 is 18.7 Å². The Morgan fingerprint density at radius 3 is 2.62 bits per heavy atom. The van der Waals surface area contributed by atoms with Crippen molar-refractivity contribution in [1.82, 2.24) is 24.9 Å². The molecule has 4 aliphatic heterocycles. The van der Waals surface area contributed by atoms with E-state index in [1.165, 1.54) is 12.8 Å². The van der Waals surface area contributed by atoms with E-state index >= 15 is 4.39 Å². The van der Waals surface area contributed by atoms with E-state index in [1.54, 1.807) is 6.20 Å². The zero-order valence-electron chi connectivity index (χ0n) is 21.9. The van der Waals surface area contributed by atoms with E-state index in [2.05, 4.69) is 32.0 Å². The minimum absolute atomic E-state index is 0.0317. The number of hydrogen-bond donors (Lipinski definition) is 1. The molecule has 4 heterocycles. The molecule has 8 atom stereocenters. The van der Waals surface area contributed by atoms with E-state index in [9.17, 15) is 9.59 Å². The van der Waals surface area contributed by atoms with Crippen LogP contribution in [0.3, 0.4) is 0 Å². The van der Waals surface area contributed by atoms with Crippen LogP contribution in [0.1, 0.15) is 38.5 Å². The topological polar surface area (TPSA) is 68.4 Å². The van der Waals surface area contributed by atoms with E-state index in [4.69, 9.17) is 16.3 Å². The van der Waals surface area contributed by atoms with Crippen LogP contribution in [-0.4, -0.2) is 133 Å². The number of amides is 1. The molecule has 2 saturated carbocycles. The van der Waals surface area contributed by atoms with Crippen LogP contribution in [0.4, 0.5) is 4.39 Å². The molecule has 6 aliphatic rings. The van der Waals surface area contributed by atoms with Crippen molar-refractivity contribution in [2.75, 3.05) is 59.4 Å². The Labute approximate surface area is 224 Å². The van der Waals surface area contributed by atoms with Gasteiger partial charge in [-0.1, -0.05) is 0 Å². The predicted octanol–water partition coefficient (Wildman–Crippen LogP) is 1.24. The van der Waals surface area contributed by atoms with Crippen molar-refractivity contribution in [2.24, 2.45) is 5.92 Å². The SMILES string of the molecule is CN1CCN(C2C(F)CC3C(=O)C(C(=O)NCCN4CCCC4)=CN4C5CCC(Cl)CC5OC2C34)CC1. The number of likely N-dealkylation sites (N-methyl/N-ethyl adjacent to an activating group) is 1. The maximum atomic E-state index is 16.0. The van der Waals surface area contributed by atoms with E-state index < -0.39 is 18.2 Å². The lowest BCUT2D eigenvalue weighted by atomic mass is 9.69. The molecule has 8 nitrogen and oxygen atoms in total. The highest BCUT2D eigenvalue weighted by Gasteiger charge is 2.59. The van der Waals surface area contributed by atoms with Crippen LogP contribution in [0.5, 0.6) is 0 Å². The Balaban J connectivity index is 1.26. The highest BCUT2D eigenvalue weighted by Crippen LogP contribution is 2.47. The Kier molecular flexibility index (Phi) is 7.53.